The number of hydrogen-bond donors (Lipinski definition) is 3. The summed E-state index contributed by atoms with van der Waals surface area (Å²) in [5, 5.41) is 20.6. The van der Waals surface area contributed by atoms with E-state index in [1.807, 2.05) is 13.8 Å². The van der Waals surface area contributed by atoms with E-state index in [1.165, 1.54) is 121 Å². The molecule has 7 nitrogen and oxygen atoms in total. The van der Waals surface area contributed by atoms with Crippen molar-refractivity contribution in [3.8, 4) is 0 Å². The summed E-state index contributed by atoms with van der Waals surface area (Å²) in [4.78, 5) is 13.6. The maximum Gasteiger partial charge on any atom is 0.290 e. The van der Waals surface area contributed by atoms with E-state index in [4.69, 9.17) is 14.6 Å². The molecule has 3 aliphatic carbocycles. The predicted molar refractivity (Wildman–Crippen MR) is 259 cm³/mol. The molecule has 0 bridgehead atoms. The molecule has 0 spiro atoms. The molecule has 0 amide bonds. The zero-order chi connectivity index (χ0) is 44.0. The highest BCUT2D eigenvalue weighted by molar-refractivity contribution is 8.55. The summed E-state index contributed by atoms with van der Waals surface area (Å²) in [7, 11) is 2.38. The number of hydrogen-bond acceptors (Lipinski definition) is 7. The van der Waals surface area contributed by atoms with E-state index in [1.54, 1.807) is 11.1 Å². The lowest BCUT2D eigenvalue weighted by molar-refractivity contribution is -0.122. The number of rotatable bonds is 13. The number of ether oxygens (including phenoxy) is 1. The van der Waals surface area contributed by atoms with Gasteiger partial charge in [0.15, 0.2) is 0 Å². The normalized spacial score (nSPS) is 27.3. The molecule has 2 heterocycles. The standard InChI is InChI=1S/C31H49N3O2.C16H35PS.C2H6.CH2O2/c1-31-14-9-27-26-6-4-24(32-23-10-17-34(18-11-23)25-12-15-33(2)16-13-25)21-22(26)3-5-28(27)29(31)7-8-30(31)36-20-19-35;1-10-16(7,8)17(9)18-13-11-12-15(5,6)14(2,3)4;1-2;2-1-3/h4,6,21,23,25,27-30,32,35H,3,5,7-20H2,1-2H3;10-13H2,1-9H3;1-2H3;1H,(H,2,3). The lowest BCUT2D eigenvalue weighted by Gasteiger charge is -2.50. The first-order chi connectivity index (χ1) is 27.9. The fraction of sp³-hybridized carbons (Fsp3) is 0.860. The summed E-state index contributed by atoms with van der Waals surface area (Å²) in [6.45, 7) is 33.5. The second kappa shape index (κ2) is 24.2. The first-order valence-electron chi connectivity index (χ1n) is 23.9. The smallest absolute Gasteiger partial charge is 0.290 e. The Morgan fingerprint density at radius 3 is 2.20 bits per heavy atom. The van der Waals surface area contributed by atoms with E-state index in [-0.39, 0.29) is 20.2 Å². The Hall–Kier alpha value is -0.890. The highest BCUT2D eigenvalue weighted by atomic mass is 32.7. The van der Waals surface area contributed by atoms with Crippen molar-refractivity contribution < 1.29 is 19.7 Å². The monoisotopic (exact) mass is 862 g/mol. The number of anilines is 1. The molecule has 2 saturated heterocycles. The number of nitrogens with one attached hydrogen (secondary N) is 1. The average molecular weight is 862 g/mol. The van der Waals surface area contributed by atoms with Crippen molar-refractivity contribution in [1.82, 2.24) is 9.80 Å². The quantitative estimate of drug-likeness (QED) is 0.103. The molecule has 59 heavy (non-hydrogen) atoms. The van der Waals surface area contributed by atoms with Crippen LogP contribution in [0.2, 0.25) is 0 Å². The molecule has 4 fully saturated rings. The Morgan fingerprint density at radius 1 is 0.966 bits per heavy atom. The molecule has 342 valence electrons. The largest absolute Gasteiger partial charge is 0.483 e. The molecule has 6 rings (SSSR count). The van der Waals surface area contributed by atoms with Crippen molar-refractivity contribution in [2.75, 3.05) is 64.2 Å². The number of aliphatic hydroxyl groups is 1. The van der Waals surface area contributed by atoms with Crippen molar-refractivity contribution in [1.29, 1.82) is 0 Å². The van der Waals surface area contributed by atoms with Gasteiger partial charge in [-0.3, -0.25) is 4.79 Å². The first kappa shape index (κ1) is 52.5. The van der Waals surface area contributed by atoms with Crippen molar-refractivity contribution in [3.63, 3.8) is 0 Å². The molecule has 0 radical (unpaired) electrons. The number of aliphatic hydroxyl groups excluding tert-OH is 1. The van der Waals surface area contributed by atoms with E-state index in [9.17, 15) is 5.11 Å². The molecule has 3 N–H and O–H groups in total. The molecule has 2 saturated carbocycles. The Kier molecular flexibility index (Phi) is 21.6. The fourth-order valence-electron chi connectivity index (χ4n) is 10.6. The molecular weight excluding hydrogens is 770 g/mol. The van der Waals surface area contributed by atoms with Gasteiger partial charge in [-0.2, -0.15) is 0 Å². The minimum Gasteiger partial charge on any atom is -0.483 e. The summed E-state index contributed by atoms with van der Waals surface area (Å²) in [6.07, 6.45) is 17.2. The van der Waals surface area contributed by atoms with Gasteiger partial charge in [-0.15, -0.1) is 11.4 Å². The Labute approximate surface area is 369 Å². The maximum atomic E-state index is 9.27. The van der Waals surface area contributed by atoms with Crippen molar-refractivity contribution >= 4 is 30.7 Å². The fourth-order valence-corrected chi connectivity index (χ4v) is 14.6. The van der Waals surface area contributed by atoms with Crippen LogP contribution in [0.4, 0.5) is 5.69 Å². The molecule has 9 heteroatoms. The third kappa shape index (κ3) is 14.3. The van der Waals surface area contributed by atoms with Crippen LogP contribution in [0.1, 0.15) is 170 Å². The Bertz CT molecular complexity index is 1360. The van der Waals surface area contributed by atoms with Gasteiger partial charge in [-0.25, -0.2) is 0 Å². The van der Waals surface area contributed by atoms with Crippen molar-refractivity contribution in [2.24, 2.45) is 28.1 Å². The summed E-state index contributed by atoms with van der Waals surface area (Å²) in [6, 6.07) is 8.81. The Balaban J connectivity index is 0.000000343. The van der Waals surface area contributed by atoms with Gasteiger partial charge in [0.25, 0.3) is 6.47 Å². The SMILES string of the molecule is CC.CCC(C)(C)P(C)SCCCC(C)(C)C(C)(C)C.CN1CCC(N2CCC(Nc3ccc4c(c3)CCC3C4CCC4(C)C(OCCO)CCC34)CC2)CC1.O=CO. The number of piperidine rings is 2. The topological polar surface area (TPSA) is 85.3 Å². The van der Waals surface area contributed by atoms with Crippen LogP contribution >= 0.6 is 18.5 Å². The first-order valence-corrected chi connectivity index (χ1v) is 27.3. The lowest BCUT2D eigenvalue weighted by Crippen LogP contribution is -2.48. The molecule has 2 aliphatic heterocycles. The Morgan fingerprint density at radius 2 is 1.61 bits per heavy atom. The zero-order valence-electron chi connectivity index (χ0n) is 40.4. The molecule has 6 unspecified atom stereocenters. The predicted octanol–water partition coefficient (Wildman–Crippen LogP) is 12.4. The van der Waals surface area contributed by atoms with Crippen LogP contribution in [-0.2, 0) is 16.0 Å². The van der Waals surface area contributed by atoms with Gasteiger partial charge >= 0.3 is 0 Å². The number of benzene rings is 1. The van der Waals surface area contributed by atoms with E-state index in [0.717, 1.165) is 23.8 Å². The molecule has 1 aromatic rings. The van der Waals surface area contributed by atoms with Crippen LogP contribution in [-0.4, -0.2) is 109 Å². The van der Waals surface area contributed by atoms with Crippen molar-refractivity contribution in [2.45, 2.75) is 189 Å². The van der Waals surface area contributed by atoms with Crippen LogP contribution < -0.4 is 5.32 Å². The number of nitrogens with zero attached hydrogens (tertiary/aromatic N) is 2. The average Bonchev–Trinajstić information content (AvgIpc) is 3.55. The maximum absolute atomic E-state index is 9.27. The van der Waals surface area contributed by atoms with Gasteiger partial charge in [0.1, 0.15) is 0 Å². The molecule has 1 aromatic carbocycles. The van der Waals surface area contributed by atoms with E-state index >= 15 is 0 Å². The van der Waals surface area contributed by atoms with Gasteiger partial charge in [0.2, 0.25) is 0 Å². The molecular formula is C50H92N3O4PS. The number of carbonyl (C=O) groups is 1. The zero-order valence-corrected chi connectivity index (χ0v) is 42.1. The minimum absolute atomic E-state index is 0.117. The van der Waals surface area contributed by atoms with Crippen LogP contribution in [0.25, 0.3) is 0 Å². The summed E-state index contributed by atoms with van der Waals surface area (Å²) < 4.78 is 6.14. The lowest BCUT2D eigenvalue weighted by atomic mass is 9.55. The second-order valence-corrected chi connectivity index (χ2v) is 26.2. The molecule has 6 atom stereocenters. The summed E-state index contributed by atoms with van der Waals surface area (Å²) >= 11 is 2.22. The van der Waals surface area contributed by atoms with E-state index in [2.05, 4.69) is 121 Å². The van der Waals surface area contributed by atoms with Gasteiger partial charge < -0.3 is 30.1 Å². The summed E-state index contributed by atoms with van der Waals surface area (Å²) in [5.41, 5.74) is 5.78. The van der Waals surface area contributed by atoms with Gasteiger partial charge in [0.05, 0.1) is 19.3 Å². The van der Waals surface area contributed by atoms with Crippen LogP contribution in [0.5, 0.6) is 0 Å². The summed E-state index contributed by atoms with van der Waals surface area (Å²) in [5.74, 6) is 3.66. The third-order valence-electron chi connectivity index (χ3n) is 16.1. The van der Waals surface area contributed by atoms with Crippen LogP contribution in [0.15, 0.2) is 18.2 Å². The van der Waals surface area contributed by atoms with Crippen LogP contribution in [0.3, 0.4) is 0 Å². The third-order valence-corrected chi connectivity index (χ3v) is 22.2. The molecule has 5 aliphatic rings. The highest BCUT2D eigenvalue weighted by Crippen LogP contribution is 2.62. The minimum atomic E-state index is -0.250. The van der Waals surface area contributed by atoms with Crippen LogP contribution in [0, 0.1) is 28.1 Å². The second-order valence-electron chi connectivity index (χ2n) is 20.9. The highest BCUT2D eigenvalue weighted by Gasteiger charge is 2.55. The van der Waals surface area contributed by atoms with E-state index in [0.29, 0.717) is 40.2 Å². The number of fused-ring (bicyclic) bond motifs is 5. The van der Waals surface area contributed by atoms with Gasteiger partial charge in [0, 0.05) is 30.9 Å². The molecule has 0 aromatic heterocycles. The number of carboxylic acid groups (broad SMARTS) is 1. The van der Waals surface area contributed by atoms with E-state index < -0.39 is 0 Å². The number of aryl methyl sites for hydroxylation is 1. The van der Waals surface area contributed by atoms with Gasteiger partial charge in [-0.1, -0.05) is 82.2 Å². The number of likely N-dealkylation sites (tertiary alicyclic amines) is 2. The van der Waals surface area contributed by atoms with Gasteiger partial charge in [-0.05, 0) is 186 Å². The van der Waals surface area contributed by atoms with Crippen molar-refractivity contribution in [3.05, 3.63) is 29.3 Å².